The molecule has 2 heterocycles. The van der Waals surface area contributed by atoms with Crippen LogP contribution in [0.5, 0.6) is 0 Å². The van der Waals surface area contributed by atoms with Gasteiger partial charge in [0.15, 0.2) is 0 Å². The number of aryl methyl sites for hydroxylation is 1. The van der Waals surface area contributed by atoms with E-state index in [0.29, 0.717) is 18.7 Å². The van der Waals surface area contributed by atoms with Crippen molar-refractivity contribution in [1.82, 2.24) is 15.3 Å². The Labute approximate surface area is 299 Å². The SMILES string of the molecule is CCN(CC)c1ccc(-c2nc(-c3ccc(C4=NOC(C(=O)OC)C4)cc3)c(-c3ccc(/C=C/C(=O)NCCCc4ccccc4)cc3)[nH]2)cc1. The number of H-pyrrole nitrogens is 1. The van der Waals surface area contributed by atoms with Crippen molar-refractivity contribution in [3.05, 3.63) is 126 Å². The number of hydrogen-bond donors (Lipinski definition) is 2. The molecular weight excluding hydrogens is 638 g/mol. The van der Waals surface area contributed by atoms with Crippen molar-refractivity contribution >= 4 is 29.4 Å². The number of rotatable bonds is 14. The third-order valence-corrected chi connectivity index (χ3v) is 9.01. The van der Waals surface area contributed by atoms with Gasteiger partial charge in [0.1, 0.15) is 5.82 Å². The minimum Gasteiger partial charge on any atom is -0.466 e. The lowest BCUT2D eigenvalue weighted by Gasteiger charge is -2.20. The maximum Gasteiger partial charge on any atom is 0.350 e. The van der Waals surface area contributed by atoms with Gasteiger partial charge in [-0.15, -0.1) is 0 Å². The van der Waals surface area contributed by atoms with Crippen LogP contribution in [0.1, 0.15) is 43.4 Å². The van der Waals surface area contributed by atoms with Gasteiger partial charge in [-0.05, 0) is 73.7 Å². The van der Waals surface area contributed by atoms with Gasteiger partial charge in [-0.25, -0.2) is 9.78 Å². The lowest BCUT2D eigenvalue weighted by Crippen LogP contribution is -2.22. The third-order valence-electron chi connectivity index (χ3n) is 9.01. The Bertz CT molecular complexity index is 1980. The van der Waals surface area contributed by atoms with Gasteiger partial charge in [-0.3, -0.25) is 4.79 Å². The molecule has 1 amide bonds. The number of anilines is 1. The second-order valence-electron chi connectivity index (χ2n) is 12.3. The molecule has 1 aromatic heterocycles. The van der Waals surface area contributed by atoms with Crippen molar-refractivity contribution in [2.45, 2.75) is 39.2 Å². The number of aromatic amines is 1. The second kappa shape index (κ2) is 16.6. The first kappa shape index (κ1) is 34.9. The molecular formula is C42H43N5O4. The highest BCUT2D eigenvalue weighted by Gasteiger charge is 2.29. The summed E-state index contributed by atoms with van der Waals surface area (Å²) in [7, 11) is 1.34. The van der Waals surface area contributed by atoms with Crippen molar-refractivity contribution in [1.29, 1.82) is 0 Å². The van der Waals surface area contributed by atoms with E-state index in [1.165, 1.54) is 18.4 Å². The highest BCUT2D eigenvalue weighted by molar-refractivity contribution is 6.04. The van der Waals surface area contributed by atoms with Crippen molar-refractivity contribution in [3.8, 4) is 33.9 Å². The summed E-state index contributed by atoms with van der Waals surface area (Å²) in [5, 5.41) is 7.10. The minimum absolute atomic E-state index is 0.112. The lowest BCUT2D eigenvalue weighted by atomic mass is 10.00. The average Bonchev–Trinajstić information content (AvgIpc) is 3.86. The standard InChI is InChI=1S/C42H43N5O4/c1-4-47(5-2)35-24-22-34(23-25-35)41-44-39(40(45-41)33-20-18-31(19-21-33)36-28-37(51-46-36)42(49)50-3)32-16-13-30(14-17-32)15-26-38(48)43-27-9-12-29-10-7-6-8-11-29/h6-8,10-11,13-26,37H,4-5,9,12,27-28H2,1-3H3,(H,43,48)(H,44,45)/b26-15+. The fraction of sp³-hybridized carbons (Fsp3) is 0.238. The predicted octanol–water partition coefficient (Wildman–Crippen LogP) is 7.69. The lowest BCUT2D eigenvalue weighted by molar-refractivity contribution is -0.152. The molecule has 9 heteroatoms. The van der Waals surface area contributed by atoms with E-state index in [2.05, 4.69) is 70.6 Å². The summed E-state index contributed by atoms with van der Waals surface area (Å²) >= 11 is 0. The maximum atomic E-state index is 12.5. The van der Waals surface area contributed by atoms with Gasteiger partial charge in [-0.1, -0.05) is 84.0 Å². The first-order valence-corrected chi connectivity index (χ1v) is 17.4. The van der Waals surface area contributed by atoms with E-state index in [-0.39, 0.29) is 5.91 Å². The zero-order chi connectivity index (χ0) is 35.6. The molecule has 1 aliphatic heterocycles. The number of hydrogen-bond acceptors (Lipinski definition) is 7. The fourth-order valence-corrected chi connectivity index (χ4v) is 6.11. The Morgan fingerprint density at radius 1 is 0.882 bits per heavy atom. The number of benzene rings is 4. The Morgan fingerprint density at radius 2 is 1.55 bits per heavy atom. The number of carbonyl (C=O) groups excluding carboxylic acids is 2. The first-order valence-electron chi connectivity index (χ1n) is 17.4. The highest BCUT2D eigenvalue weighted by atomic mass is 16.7. The number of oxime groups is 1. The maximum absolute atomic E-state index is 12.5. The number of ether oxygens (including phenoxy) is 1. The van der Waals surface area contributed by atoms with Crippen molar-refractivity contribution < 1.29 is 19.2 Å². The Hall–Kier alpha value is -5.96. The van der Waals surface area contributed by atoms with Crippen LogP contribution < -0.4 is 10.2 Å². The molecule has 4 aromatic carbocycles. The molecule has 1 aliphatic rings. The summed E-state index contributed by atoms with van der Waals surface area (Å²) in [4.78, 5) is 40.7. The van der Waals surface area contributed by atoms with Crippen LogP contribution in [0.3, 0.4) is 0 Å². The second-order valence-corrected chi connectivity index (χ2v) is 12.3. The Balaban J connectivity index is 1.20. The largest absolute Gasteiger partial charge is 0.466 e. The summed E-state index contributed by atoms with van der Waals surface area (Å²) in [6, 6.07) is 34.7. The van der Waals surface area contributed by atoms with E-state index in [0.717, 1.165) is 71.0 Å². The summed E-state index contributed by atoms with van der Waals surface area (Å²) < 4.78 is 4.81. The molecule has 260 valence electrons. The van der Waals surface area contributed by atoms with E-state index in [4.69, 9.17) is 14.6 Å². The Kier molecular flexibility index (Phi) is 11.4. The quantitative estimate of drug-likeness (QED) is 0.0707. The van der Waals surface area contributed by atoms with Gasteiger partial charge in [0.05, 0.1) is 24.2 Å². The van der Waals surface area contributed by atoms with Crippen LogP contribution in [0.25, 0.3) is 40.0 Å². The topological polar surface area (TPSA) is 109 Å². The molecule has 0 bridgehead atoms. The van der Waals surface area contributed by atoms with Crippen LogP contribution in [0.2, 0.25) is 0 Å². The van der Waals surface area contributed by atoms with Crippen LogP contribution in [0, 0.1) is 0 Å². The molecule has 9 nitrogen and oxygen atoms in total. The van der Waals surface area contributed by atoms with E-state index in [1.807, 2.05) is 72.8 Å². The van der Waals surface area contributed by atoms with Crippen LogP contribution >= 0.6 is 0 Å². The number of nitrogens with zero attached hydrogens (tertiary/aromatic N) is 3. The van der Waals surface area contributed by atoms with Gasteiger partial charge >= 0.3 is 5.97 Å². The summed E-state index contributed by atoms with van der Waals surface area (Å²) in [5.74, 6) is 0.208. The molecule has 0 fully saturated rings. The van der Waals surface area contributed by atoms with Gasteiger partial charge in [-0.2, -0.15) is 0 Å². The minimum atomic E-state index is -0.726. The number of esters is 1. The normalized spacial score (nSPS) is 13.9. The summed E-state index contributed by atoms with van der Waals surface area (Å²) in [5.41, 5.74) is 9.47. The first-order chi connectivity index (χ1) is 24.9. The number of amides is 1. The highest BCUT2D eigenvalue weighted by Crippen LogP contribution is 2.34. The van der Waals surface area contributed by atoms with E-state index >= 15 is 0 Å². The number of imidazole rings is 1. The monoisotopic (exact) mass is 681 g/mol. The fourth-order valence-electron chi connectivity index (χ4n) is 6.11. The summed E-state index contributed by atoms with van der Waals surface area (Å²) in [6.07, 6.45) is 4.84. The van der Waals surface area contributed by atoms with Gasteiger partial charge < -0.3 is 24.8 Å². The molecule has 0 saturated carbocycles. The van der Waals surface area contributed by atoms with Gasteiger partial charge in [0, 0.05) is 54.5 Å². The molecule has 51 heavy (non-hydrogen) atoms. The van der Waals surface area contributed by atoms with Gasteiger partial charge in [0.2, 0.25) is 12.0 Å². The van der Waals surface area contributed by atoms with Gasteiger partial charge in [0.25, 0.3) is 0 Å². The molecule has 6 rings (SSSR count). The van der Waals surface area contributed by atoms with Crippen LogP contribution in [-0.2, 0) is 25.6 Å². The zero-order valence-corrected chi connectivity index (χ0v) is 29.3. The predicted molar refractivity (Wildman–Crippen MR) is 203 cm³/mol. The average molecular weight is 682 g/mol. The van der Waals surface area contributed by atoms with E-state index in [9.17, 15) is 9.59 Å². The molecule has 0 radical (unpaired) electrons. The Morgan fingerprint density at radius 3 is 2.24 bits per heavy atom. The number of methoxy groups -OCH3 is 1. The zero-order valence-electron chi connectivity index (χ0n) is 29.3. The molecule has 1 unspecified atom stereocenters. The number of aromatic nitrogens is 2. The smallest absolute Gasteiger partial charge is 0.350 e. The molecule has 0 spiro atoms. The van der Waals surface area contributed by atoms with Crippen molar-refractivity contribution in [2.24, 2.45) is 5.16 Å². The molecule has 0 aliphatic carbocycles. The van der Waals surface area contributed by atoms with Crippen molar-refractivity contribution in [2.75, 3.05) is 31.6 Å². The molecule has 0 saturated heterocycles. The molecule has 1 atom stereocenters. The van der Waals surface area contributed by atoms with Crippen molar-refractivity contribution in [3.63, 3.8) is 0 Å². The molecule has 5 aromatic rings. The van der Waals surface area contributed by atoms with Crippen LogP contribution in [0.15, 0.2) is 114 Å². The number of nitrogens with one attached hydrogen (secondary N) is 2. The molecule has 2 N–H and O–H groups in total. The van der Waals surface area contributed by atoms with E-state index < -0.39 is 12.1 Å². The van der Waals surface area contributed by atoms with Crippen LogP contribution in [-0.4, -0.2) is 60.4 Å². The number of carbonyl (C=O) groups is 2. The third kappa shape index (κ3) is 8.62. The summed E-state index contributed by atoms with van der Waals surface area (Å²) in [6.45, 7) is 6.81. The van der Waals surface area contributed by atoms with E-state index in [1.54, 1.807) is 6.08 Å². The van der Waals surface area contributed by atoms with Crippen LogP contribution in [0.4, 0.5) is 5.69 Å².